The van der Waals surface area contributed by atoms with Gasteiger partial charge < -0.3 is 4.74 Å². The quantitative estimate of drug-likeness (QED) is 0.480. The second kappa shape index (κ2) is 7.04. The normalized spacial score (nSPS) is 11.0. The number of nitrogens with zero attached hydrogens (tertiary/aromatic N) is 2. The molecule has 0 radical (unpaired) electrons. The molecule has 0 fully saturated rings. The first-order valence-corrected chi connectivity index (χ1v) is 8.25. The number of aromatic nitrogens is 2. The molecule has 0 unspecified atom stereocenters. The van der Waals surface area contributed by atoms with Crippen LogP contribution in [-0.2, 0) is 4.74 Å². The van der Waals surface area contributed by atoms with Crippen LogP contribution in [0.2, 0.25) is 0 Å². The van der Waals surface area contributed by atoms with Crippen molar-refractivity contribution in [2.24, 2.45) is 0 Å². The lowest BCUT2D eigenvalue weighted by Crippen LogP contribution is -2.26. The molecule has 3 rings (SSSR count). The summed E-state index contributed by atoms with van der Waals surface area (Å²) >= 11 is 0. The standard InChI is InChI=1S/C21H17FN2O3/c1-21(2,3)27-20(26)24-13-17(16-10-11-23-12-18(16)24)19(25)9-6-14-4-7-15(22)8-5-14/h4-5,7-8,10-13H,1-3H3. The molecule has 0 aliphatic rings. The zero-order chi connectivity index (χ0) is 19.6. The van der Waals surface area contributed by atoms with Crippen LogP contribution in [-0.4, -0.2) is 27.0 Å². The monoisotopic (exact) mass is 364 g/mol. The lowest BCUT2D eigenvalue weighted by Gasteiger charge is -2.19. The van der Waals surface area contributed by atoms with E-state index in [-0.39, 0.29) is 11.4 Å². The highest BCUT2D eigenvalue weighted by atomic mass is 19.1. The Labute approximate surface area is 155 Å². The molecule has 0 amide bonds. The van der Waals surface area contributed by atoms with E-state index < -0.39 is 17.5 Å². The summed E-state index contributed by atoms with van der Waals surface area (Å²) in [5.74, 6) is 4.40. The summed E-state index contributed by atoms with van der Waals surface area (Å²) in [6.45, 7) is 5.28. The highest BCUT2D eigenvalue weighted by Gasteiger charge is 2.22. The number of pyridine rings is 1. The van der Waals surface area contributed by atoms with Crippen LogP contribution in [0.4, 0.5) is 9.18 Å². The van der Waals surface area contributed by atoms with E-state index in [2.05, 4.69) is 16.8 Å². The second-order valence-corrected chi connectivity index (χ2v) is 6.87. The van der Waals surface area contributed by atoms with Gasteiger partial charge in [0, 0.05) is 23.3 Å². The van der Waals surface area contributed by atoms with Crippen LogP contribution >= 0.6 is 0 Å². The van der Waals surface area contributed by atoms with Crippen molar-refractivity contribution in [3.63, 3.8) is 0 Å². The number of hydrogen-bond donors (Lipinski definition) is 0. The molecule has 27 heavy (non-hydrogen) atoms. The van der Waals surface area contributed by atoms with Crippen molar-refractivity contribution in [1.82, 2.24) is 9.55 Å². The summed E-state index contributed by atoms with van der Waals surface area (Å²) in [6.07, 6.45) is 3.82. The van der Waals surface area contributed by atoms with Crippen LogP contribution in [0.15, 0.2) is 48.9 Å². The molecule has 0 N–H and O–H groups in total. The number of benzene rings is 1. The third-order valence-electron chi connectivity index (χ3n) is 3.61. The number of ketones is 1. The molecule has 0 saturated heterocycles. The van der Waals surface area contributed by atoms with Gasteiger partial charge in [-0.05, 0) is 57.0 Å². The molecule has 6 heteroatoms. The summed E-state index contributed by atoms with van der Waals surface area (Å²) in [6, 6.07) is 7.17. The van der Waals surface area contributed by atoms with Gasteiger partial charge in [-0.25, -0.2) is 9.18 Å². The van der Waals surface area contributed by atoms with E-state index in [1.165, 1.54) is 47.4 Å². The van der Waals surface area contributed by atoms with E-state index in [1.54, 1.807) is 26.8 Å². The van der Waals surface area contributed by atoms with Crippen LogP contribution < -0.4 is 0 Å². The molecule has 2 aromatic heterocycles. The highest BCUT2D eigenvalue weighted by Crippen LogP contribution is 2.22. The van der Waals surface area contributed by atoms with Gasteiger partial charge in [-0.3, -0.25) is 14.3 Å². The van der Waals surface area contributed by atoms with Crippen LogP contribution in [0.25, 0.3) is 10.9 Å². The molecule has 0 spiro atoms. The van der Waals surface area contributed by atoms with Gasteiger partial charge in [0.05, 0.1) is 17.3 Å². The van der Waals surface area contributed by atoms with Crippen molar-refractivity contribution < 1.29 is 18.7 Å². The fourth-order valence-corrected chi connectivity index (χ4v) is 2.45. The highest BCUT2D eigenvalue weighted by molar-refractivity contribution is 6.17. The number of Topliss-reactive ketones (excluding diaryl/α,β-unsaturated/α-hetero) is 1. The third-order valence-corrected chi connectivity index (χ3v) is 3.61. The topological polar surface area (TPSA) is 61.2 Å². The molecular weight excluding hydrogens is 347 g/mol. The van der Waals surface area contributed by atoms with Crippen molar-refractivity contribution in [3.8, 4) is 11.8 Å². The van der Waals surface area contributed by atoms with Gasteiger partial charge in [-0.15, -0.1) is 0 Å². The average molecular weight is 364 g/mol. The van der Waals surface area contributed by atoms with Crippen LogP contribution in [0.1, 0.15) is 36.7 Å². The van der Waals surface area contributed by atoms with Crippen molar-refractivity contribution in [3.05, 3.63) is 65.9 Å². The van der Waals surface area contributed by atoms with E-state index >= 15 is 0 Å². The number of fused-ring (bicyclic) bond motifs is 1. The first-order chi connectivity index (χ1) is 12.7. The Hall–Kier alpha value is -3.46. The molecule has 136 valence electrons. The maximum Gasteiger partial charge on any atom is 0.419 e. The fraction of sp³-hybridized carbons (Fsp3) is 0.190. The minimum absolute atomic E-state index is 0.271. The smallest absolute Gasteiger partial charge is 0.419 e. The number of halogens is 1. The molecule has 1 aromatic carbocycles. The van der Waals surface area contributed by atoms with Gasteiger partial charge in [0.15, 0.2) is 0 Å². The van der Waals surface area contributed by atoms with Gasteiger partial charge in [0.1, 0.15) is 11.4 Å². The largest absolute Gasteiger partial charge is 0.443 e. The number of rotatable bonds is 1. The van der Waals surface area contributed by atoms with Gasteiger partial charge in [0.25, 0.3) is 0 Å². The molecule has 0 aliphatic heterocycles. The lowest BCUT2D eigenvalue weighted by molar-refractivity contribution is 0.0544. The molecular formula is C21H17FN2O3. The van der Waals surface area contributed by atoms with Crippen LogP contribution in [0.3, 0.4) is 0 Å². The molecule has 0 aliphatic carbocycles. The first kappa shape index (κ1) is 18.3. The maximum absolute atomic E-state index is 13.0. The summed E-state index contributed by atoms with van der Waals surface area (Å²) in [7, 11) is 0. The predicted octanol–water partition coefficient (Wildman–Crippen LogP) is 4.19. The van der Waals surface area contributed by atoms with Crippen LogP contribution in [0, 0.1) is 17.7 Å². The Kier molecular flexibility index (Phi) is 4.78. The lowest BCUT2D eigenvalue weighted by atomic mass is 10.1. The van der Waals surface area contributed by atoms with E-state index in [9.17, 15) is 14.0 Å². The fourth-order valence-electron chi connectivity index (χ4n) is 2.45. The molecule has 5 nitrogen and oxygen atoms in total. The molecule has 0 bridgehead atoms. The van der Waals surface area contributed by atoms with Gasteiger partial charge in [0.2, 0.25) is 5.78 Å². The molecule has 3 aromatic rings. The number of hydrogen-bond acceptors (Lipinski definition) is 4. The van der Waals surface area contributed by atoms with Crippen molar-refractivity contribution in [2.75, 3.05) is 0 Å². The number of carbonyl (C=O) groups excluding carboxylic acids is 2. The molecule has 0 atom stereocenters. The summed E-state index contributed by atoms with van der Waals surface area (Å²) in [5, 5.41) is 0.550. The maximum atomic E-state index is 13.0. The Balaban J connectivity index is 1.99. The minimum atomic E-state index is -0.678. The summed E-state index contributed by atoms with van der Waals surface area (Å²) in [4.78, 5) is 29.1. The predicted molar refractivity (Wildman–Crippen MR) is 99.0 cm³/mol. The molecule has 0 saturated carbocycles. The van der Waals surface area contributed by atoms with Crippen molar-refractivity contribution >= 4 is 22.8 Å². The van der Waals surface area contributed by atoms with Crippen molar-refractivity contribution in [2.45, 2.75) is 26.4 Å². The minimum Gasteiger partial charge on any atom is -0.443 e. The zero-order valence-corrected chi connectivity index (χ0v) is 15.1. The third kappa shape index (κ3) is 4.21. The van der Waals surface area contributed by atoms with Crippen LogP contribution in [0.5, 0.6) is 0 Å². The van der Waals surface area contributed by atoms with E-state index in [4.69, 9.17) is 4.74 Å². The molecule has 2 heterocycles. The van der Waals surface area contributed by atoms with Gasteiger partial charge in [-0.1, -0.05) is 5.92 Å². The summed E-state index contributed by atoms with van der Waals surface area (Å²) in [5.41, 5.74) is 0.566. The van der Waals surface area contributed by atoms with E-state index in [0.717, 1.165) is 0 Å². The first-order valence-electron chi connectivity index (χ1n) is 8.25. The van der Waals surface area contributed by atoms with Gasteiger partial charge in [-0.2, -0.15) is 0 Å². The van der Waals surface area contributed by atoms with Crippen molar-refractivity contribution in [1.29, 1.82) is 0 Å². The Morgan fingerprint density at radius 3 is 2.52 bits per heavy atom. The number of carbonyl (C=O) groups is 2. The average Bonchev–Trinajstić information content (AvgIpc) is 2.99. The summed E-state index contributed by atoms with van der Waals surface area (Å²) < 4.78 is 19.6. The Morgan fingerprint density at radius 1 is 1.15 bits per heavy atom. The van der Waals surface area contributed by atoms with Gasteiger partial charge >= 0.3 is 6.09 Å². The zero-order valence-electron chi connectivity index (χ0n) is 15.1. The SMILES string of the molecule is CC(C)(C)OC(=O)n1cc(C(=O)C#Cc2ccc(F)cc2)c2ccncc21. The Bertz CT molecular complexity index is 1080. The Morgan fingerprint density at radius 2 is 1.85 bits per heavy atom. The van der Waals surface area contributed by atoms with E-state index in [0.29, 0.717) is 16.5 Å². The number of ether oxygens (including phenoxy) is 1. The van der Waals surface area contributed by atoms with E-state index in [1.807, 2.05) is 0 Å². The second-order valence-electron chi connectivity index (χ2n) is 6.87.